The van der Waals surface area contributed by atoms with E-state index in [0.717, 1.165) is 11.3 Å². The number of aromatic amines is 2. The van der Waals surface area contributed by atoms with Gasteiger partial charge in [-0.1, -0.05) is 0 Å². The van der Waals surface area contributed by atoms with Crippen molar-refractivity contribution in [3.63, 3.8) is 0 Å². The van der Waals surface area contributed by atoms with Crippen LogP contribution >= 0.6 is 0 Å². The summed E-state index contributed by atoms with van der Waals surface area (Å²) in [6.45, 7) is 0. The van der Waals surface area contributed by atoms with Crippen molar-refractivity contribution in [3.8, 4) is 11.3 Å². The van der Waals surface area contributed by atoms with Crippen LogP contribution in [-0.2, 0) is 0 Å². The summed E-state index contributed by atoms with van der Waals surface area (Å²) in [5.74, 6) is -0.214. The predicted molar refractivity (Wildman–Crippen MR) is 42.7 cm³/mol. The van der Waals surface area contributed by atoms with Gasteiger partial charge in [0, 0.05) is 5.56 Å². The lowest BCUT2D eigenvalue weighted by molar-refractivity contribution is -0.375. The number of imidazole rings is 1. The Kier molecular flexibility index (Phi) is 1.63. The topological polar surface area (TPSA) is 29.9 Å². The van der Waals surface area contributed by atoms with Crippen LogP contribution in [-0.4, -0.2) is 4.98 Å². The zero-order valence-electron chi connectivity index (χ0n) is 6.34. The van der Waals surface area contributed by atoms with E-state index in [-0.39, 0.29) is 5.82 Å². The van der Waals surface area contributed by atoms with Crippen molar-refractivity contribution in [2.75, 3.05) is 0 Å². The van der Waals surface area contributed by atoms with Crippen LogP contribution in [0.25, 0.3) is 11.3 Å². The Hall–Kier alpha value is -1.64. The molecule has 0 radical (unpaired) electrons. The molecule has 2 aromatic rings. The maximum absolute atomic E-state index is 12.5. The summed E-state index contributed by atoms with van der Waals surface area (Å²) >= 11 is 0. The molecule has 3 heteroatoms. The molecule has 0 bridgehead atoms. The van der Waals surface area contributed by atoms with Gasteiger partial charge in [-0.15, -0.1) is 0 Å². The molecule has 60 valence electrons. The Morgan fingerprint density at radius 3 is 2.50 bits per heavy atom. The molecule has 0 amide bonds. The predicted octanol–water partition coefficient (Wildman–Crippen LogP) is 1.63. The molecule has 12 heavy (non-hydrogen) atoms. The van der Waals surface area contributed by atoms with Crippen molar-refractivity contribution in [2.45, 2.75) is 0 Å². The molecule has 0 aliphatic heterocycles. The molecule has 0 unspecified atom stereocenters. The second-order valence-corrected chi connectivity index (χ2v) is 2.52. The van der Waals surface area contributed by atoms with E-state index in [9.17, 15) is 4.39 Å². The van der Waals surface area contributed by atoms with Gasteiger partial charge in [-0.25, -0.2) is 14.4 Å². The van der Waals surface area contributed by atoms with E-state index in [4.69, 9.17) is 0 Å². The molecule has 1 aromatic carbocycles. The Morgan fingerprint density at radius 2 is 1.92 bits per heavy atom. The SMILES string of the molecule is Fc1ccc(-c2c[nH+]c[nH]2)cc1. The molecule has 0 saturated heterocycles. The van der Waals surface area contributed by atoms with Crippen LogP contribution in [0, 0.1) is 5.82 Å². The maximum atomic E-state index is 12.5. The van der Waals surface area contributed by atoms with E-state index >= 15 is 0 Å². The Morgan fingerprint density at radius 1 is 1.17 bits per heavy atom. The Labute approximate surface area is 69.1 Å². The molecule has 1 heterocycles. The van der Waals surface area contributed by atoms with E-state index in [0.29, 0.717) is 0 Å². The third-order valence-electron chi connectivity index (χ3n) is 1.69. The minimum absolute atomic E-state index is 0.214. The average Bonchev–Trinajstić information content (AvgIpc) is 2.58. The van der Waals surface area contributed by atoms with Gasteiger partial charge in [0.25, 0.3) is 0 Å². The molecule has 2 nitrogen and oxygen atoms in total. The van der Waals surface area contributed by atoms with E-state index in [1.54, 1.807) is 18.5 Å². The van der Waals surface area contributed by atoms with Crippen molar-refractivity contribution in [3.05, 3.63) is 42.6 Å². The molecule has 0 saturated carbocycles. The minimum Gasteiger partial charge on any atom is -0.250 e. The molecule has 0 aliphatic carbocycles. The zero-order chi connectivity index (χ0) is 8.39. The van der Waals surface area contributed by atoms with Crippen LogP contribution in [0.4, 0.5) is 4.39 Å². The van der Waals surface area contributed by atoms with Crippen LogP contribution in [0.15, 0.2) is 36.8 Å². The van der Waals surface area contributed by atoms with Gasteiger partial charge in [-0.2, -0.15) is 0 Å². The second kappa shape index (κ2) is 2.77. The largest absolute Gasteiger partial charge is 0.250 e. The van der Waals surface area contributed by atoms with Crippen LogP contribution in [0.2, 0.25) is 0 Å². The number of aromatic nitrogens is 2. The van der Waals surface area contributed by atoms with Gasteiger partial charge in [0.15, 0.2) is 5.69 Å². The van der Waals surface area contributed by atoms with Crippen molar-refractivity contribution >= 4 is 0 Å². The van der Waals surface area contributed by atoms with Gasteiger partial charge < -0.3 is 0 Å². The minimum atomic E-state index is -0.214. The summed E-state index contributed by atoms with van der Waals surface area (Å²) in [4.78, 5) is 5.89. The number of halogens is 1. The zero-order valence-corrected chi connectivity index (χ0v) is 6.34. The first kappa shape index (κ1) is 7.03. The fourth-order valence-electron chi connectivity index (χ4n) is 1.08. The molecule has 0 spiro atoms. The molecule has 1 aromatic heterocycles. The van der Waals surface area contributed by atoms with Crippen LogP contribution < -0.4 is 4.98 Å². The lowest BCUT2D eigenvalue weighted by Gasteiger charge is -1.91. The summed E-state index contributed by atoms with van der Waals surface area (Å²) in [5, 5.41) is 0. The number of hydrogen-bond donors (Lipinski definition) is 1. The Balaban J connectivity index is 2.43. The smallest absolute Gasteiger partial charge is 0.239 e. The van der Waals surface area contributed by atoms with Gasteiger partial charge in [0.05, 0.1) is 0 Å². The highest BCUT2D eigenvalue weighted by Crippen LogP contribution is 2.14. The van der Waals surface area contributed by atoms with Crippen molar-refractivity contribution < 1.29 is 9.37 Å². The highest BCUT2D eigenvalue weighted by atomic mass is 19.1. The molecule has 2 N–H and O–H groups in total. The fraction of sp³-hybridized carbons (Fsp3) is 0. The fourth-order valence-corrected chi connectivity index (χ4v) is 1.08. The number of rotatable bonds is 1. The van der Waals surface area contributed by atoms with Gasteiger partial charge >= 0.3 is 0 Å². The molecule has 0 fully saturated rings. The van der Waals surface area contributed by atoms with Crippen LogP contribution in [0.3, 0.4) is 0 Å². The normalized spacial score (nSPS) is 10.1. The average molecular weight is 163 g/mol. The maximum Gasteiger partial charge on any atom is 0.239 e. The van der Waals surface area contributed by atoms with Crippen molar-refractivity contribution in [1.82, 2.24) is 4.98 Å². The summed E-state index contributed by atoms with van der Waals surface area (Å²) in [5.41, 5.74) is 1.92. The molecular weight excluding hydrogens is 155 g/mol. The molecule has 0 aliphatic rings. The summed E-state index contributed by atoms with van der Waals surface area (Å²) in [7, 11) is 0. The monoisotopic (exact) mass is 163 g/mol. The summed E-state index contributed by atoms with van der Waals surface area (Å²) in [6.07, 6.45) is 3.55. The second-order valence-electron chi connectivity index (χ2n) is 2.52. The summed E-state index contributed by atoms with van der Waals surface area (Å²) < 4.78 is 12.5. The highest BCUT2D eigenvalue weighted by molar-refractivity contribution is 5.56. The van der Waals surface area contributed by atoms with Crippen molar-refractivity contribution in [2.24, 2.45) is 0 Å². The molecular formula is C9H8FN2+. The summed E-state index contributed by atoms with van der Waals surface area (Å²) in [6, 6.07) is 6.34. The molecule has 0 atom stereocenters. The lowest BCUT2D eigenvalue weighted by Crippen LogP contribution is -1.88. The highest BCUT2D eigenvalue weighted by Gasteiger charge is 2.01. The first-order chi connectivity index (χ1) is 5.86. The van der Waals surface area contributed by atoms with Gasteiger partial charge in [0.2, 0.25) is 6.33 Å². The van der Waals surface area contributed by atoms with E-state index in [1.807, 2.05) is 6.20 Å². The third-order valence-corrected chi connectivity index (χ3v) is 1.69. The third kappa shape index (κ3) is 1.21. The van der Waals surface area contributed by atoms with Crippen LogP contribution in [0.5, 0.6) is 0 Å². The van der Waals surface area contributed by atoms with E-state index in [1.165, 1.54) is 12.1 Å². The van der Waals surface area contributed by atoms with Crippen molar-refractivity contribution in [1.29, 1.82) is 0 Å². The number of benzene rings is 1. The molecule has 2 rings (SSSR count). The van der Waals surface area contributed by atoms with E-state index in [2.05, 4.69) is 9.97 Å². The Bertz CT molecular complexity index is 351. The quantitative estimate of drug-likeness (QED) is 0.662. The number of nitrogens with one attached hydrogen (secondary N) is 2. The van der Waals surface area contributed by atoms with Crippen LogP contribution in [0.1, 0.15) is 0 Å². The number of hydrogen-bond acceptors (Lipinski definition) is 0. The number of H-pyrrole nitrogens is 2. The first-order valence-corrected chi connectivity index (χ1v) is 3.67. The lowest BCUT2D eigenvalue weighted by atomic mass is 10.2. The van der Waals surface area contributed by atoms with E-state index < -0.39 is 0 Å². The van der Waals surface area contributed by atoms with Gasteiger partial charge in [0.1, 0.15) is 12.0 Å². The van der Waals surface area contributed by atoms with Gasteiger partial charge in [-0.3, -0.25) is 0 Å². The standard InChI is InChI=1S/C9H7FN2/c10-8-3-1-7(2-4-8)9-5-11-6-12-9/h1-6H,(H,11,12)/p+1. The van der Waals surface area contributed by atoms with Gasteiger partial charge in [-0.05, 0) is 24.3 Å². The first-order valence-electron chi connectivity index (χ1n) is 3.67.